The number of pyridine rings is 1. The lowest BCUT2D eigenvalue weighted by atomic mass is 10.2. The second-order valence-electron chi connectivity index (χ2n) is 3.80. The molecule has 4 heteroatoms. The van der Waals surface area contributed by atoms with Crippen molar-refractivity contribution < 1.29 is 9.47 Å². The largest absolute Gasteiger partial charge is 0.475 e. The van der Waals surface area contributed by atoms with Gasteiger partial charge in [0.05, 0.1) is 12.7 Å². The van der Waals surface area contributed by atoms with E-state index in [-0.39, 0.29) is 6.10 Å². The number of halogens is 1. The SMILES string of the molecule is Cc1nc(OCCOC(C)C)ccc1CCl. The zero-order valence-electron chi connectivity index (χ0n) is 10.00. The van der Waals surface area contributed by atoms with Crippen LogP contribution in [0.4, 0.5) is 0 Å². The molecule has 0 bridgehead atoms. The molecule has 3 nitrogen and oxygen atoms in total. The highest BCUT2D eigenvalue weighted by molar-refractivity contribution is 6.17. The van der Waals surface area contributed by atoms with Crippen molar-refractivity contribution >= 4 is 11.6 Å². The highest BCUT2D eigenvalue weighted by Gasteiger charge is 2.01. The standard InChI is InChI=1S/C12H18ClNO2/c1-9(2)15-6-7-16-12-5-4-11(8-13)10(3)14-12/h4-5,9H,6-8H2,1-3H3. The van der Waals surface area contributed by atoms with Crippen LogP contribution in [0.1, 0.15) is 25.1 Å². The predicted octanol–water partition coefficient (Wildman–Crippen LogP) is 2.93. The Morgan fingerprint density at radius 3 is 2.62 bits per heavy atom. The van der Waals surface area contributed by atoms with Gasteiger partial charge in [0.15, 0.2) is 0 Å². The van der Waals surface area contributed by atoms with Gasteiger partial charge in [-0.3, -0.25) is 0 Å². The van der Waals surface area contributed by atoms with Crippen LogP contribution in [-0.2, 0) is 10.6 Å². The molecule has 16 heavy (non-hydrogen) atoms. The Bertz CT molecular complexity index is 329. The Labute approximate surface area is 102 Å². The lowest BCUT2D eigenvalue weighted by molar-refractivity contribution is 0.0542. The summed E-state index contributed by atoms with van der Waals surface area (Å²) in [4.78, 5) is 4.30. The van der Waals surface area contributed by atoms with Gasteiger partial charge in [0.25, 0.3) is 0 Å². The van der Waals surface area contributed by atoms with Gasteiger partial charge in [0.1, 0.15) is 6.61 Å². The number of aryl methyl sites for hydroxylation is 1. The second kappa shape index (κ2) is 6.71. The van der Waals surface area contributed by atoms with Crippen molar-refractivity contribution in [2.24, 2.45) is 0 Å². The molecule has 1 aromatic rings. The monoisotopic (exact) mass is 243 g/mol. The topological polar surface area (TPSA) is 31.4 Å². The number of hydrogen-bond acceptors (Lipinski definition) is 3. The molecule has 0 spiro atoms. The number of aromatic nitrogens is 1. The van der Waals surface area contributed by atoms with Gasteiger partial charge in [0, 0.05) is 17.6 Å². The lowest BCUT2D eigenvalue weighted by Gasteiger charge is -2.09. The fourth-order valence-corrected chi connectivity index (χ4v) is 1.50. The zero-order valence-corrected chi connectivity index (χ0v) is 10.8. The van der Waals surface area contributed by atoms with E-state index in [2.05, 4.69) is 4.98 Å². The first-order valence-electron chi connectivity index (χ1n) is 5.40. The molecule has 0 aliphatic rings. The van der Waals surface area contributed by atoms with Crippen LogP contribution in [0.3, 0.4) is 0 Å². The Morgan fingerprint density at radius 2 is 2.06 bits per heavy atom. The summed E-state index contributed by atoms with van der Waals surface area (Å²) in [5.74, 6) is 1.11. The van der Waals surface area contributed by atoms with E-state index >= 15 is 0 Å². The molecule has 90 valence electrons. The maximum absolute atomic E-state index is 5.75. The Morgan fingerprint density at radius 1 is 1.31 bits per heavy atom. The maximum atomic E-state index is 5.75. The van der Waals surface area contributed by atoms with Crippen molar-refractivity contribution in [3.05, 3.63) is 23.4 Å². The zero-order chi connectivity index (χ0) is 12.0. The minimum atomic E-state index is 0.233. The first kappa shape index (κ1) is 13.3. The molecule has 0 saturated heterocycles. The van der Waals surface area contributed by atoms with Crippen LogP contribution in [0.15, 0.2) is 12.1 Å². The first-order valence-corrected chi connectivity index (χ1v) is 5.94. The summed E-state index contributed by atoms with van der Waals surface area (Å²) in [5, 5.41) is 0. The van der Waals surface area contributed by atoms with Crippen LogP contribution >= 0.6 is 11.6 Å². The molecule has 0 aliphatic heterocycles. The van der Waals surface area contributed by atoms with E-state index in [1.165, 1.54) is 0 Å². The molecule has 1 heterocycles. The summed E-state index contributed by atoms with van der Waals surface area (Å²) in [6.45, 7) is 7.02. The van der Waals surface area contributed by atoms with Crippen molar-refractivity contribution in [1.82, 2.24) is 4.98 Å². The number of alkyl halides is 1. The van der Waals surface area contributed by atoms with E-state index in [4.69, 9.17) is 21.1 Å². The van der Waals surface area contributed by atoms with Gasteiger partial charge in [0.2, 0.25) is 5.88 Å². The van der Waals surface area contributed by atoms with Crippen LogP contribution < -0.4 is 4.74 Å². The van der Waals surface area contributed by atoms with Crippen molar-refractivity contribution in [2.45, 2.75) is 32.8 Å². The van der Waals surface area contributed by atoms with E-state index in [0.717, 1.165) is 11.3 Å². The van der Waals surface area contributed by atoms with E-state index in [0.29, 0.717) is 25.0 Å². The van der Waals surface area contributed by atoms with E-state index in [1.54, 1.807) is 0 Å². The van der Waals surface area contributed by atoms with Crippen LogP contribution in [0.5, 0.6) is 5.88 Å². The van der Waals surface area contributed by atoms with E-state index in [1.807, 2.05) is 32.9 Å². The van der Waals surface area contributed by atoms with Gasteiger partial charge in [-0.2, -0.15) is 0 Å². The molecule has 1 rings (SSSR count). The summed E-state index contributed by atoms with van der Waals surface area (Å²) in [6.07, 6.45) is 0.233. The summed E-state index contributed by atoms with van der Waals surface area (Å²) >= 11 is 5.75. The van der Waals surface area contributed by atoms with Crippen LogP contribution in [0.25, 0.3) is 0 Å². The Hall–Kier alpha value is -0.800. The summed E-state index contributed by atoms with van der Waals surface area (Å²) in [5.41, 5.74) is 1.95. The lowest BCUT2D eigenvalue weighted by Crippen LogP contribution is -2.12. The van der Waals surface area contributed by atoms with Crippen molar-refractivity contribution in [2.75, 3.05) is 13.2 Å². The molecule has 0 aliphatic carbocycles. The quantitative estimate of drug-likeness (QED) is 0.569. The third-order valence-electron chi connectivity index (χ3n) is 2.10. The van der Waals surface area contributed by atoms with Gasteiger partial charge in [-0.25, -0.2) is 4.98 Å². The van der Waals surface area contributed by atoms with Crippen LogP contribution in [-0.4, -0.2) is 24.3 Å². The van der Waals surface area contributed by atoms with Gasteiger partial charge >= 0.3 is 0 Å². The molecule has 0 N–H and O–H groups in total. The van der Waals surface area contributed by atoms with E-state index in [9.17, 15) is 0 Å². The highest BCUT2D eigenvalue weighted by atomic mass is 35.5. The summed E-state index contributed by atoms with van der Waals surface area (Å²) < 4.78 is 10.8. The fraction of sp³-hybridized carbons (Fsp3) is 0.583. The molecule has 0 fully saturated rings. The van der Waals surface area contributed by atoms with Crippen LogP contribution in [0, 0.1) is 6.92 Å². The second-order valence-corrected chi connectivity index (χ2v) is 4.06. The maximum Gasteiger partial charge on any atom is 0.213 e. The molecule has 0 radical (unpaired) electrons. The summed E-state index contributed by atoms with van der Waals surface area (Å²) in [7, 11) is 0. The normalized spacial score (nSPS) is 10.8. The first-order chi connectivity index (χ1) is 7.63. The number of hydrogen-bond donors (Lipinski definition) is 0. The number of nitrogens with zero attached hydrogens (tertiary/aromatic N) is 1. The molecule has 0 amide bonds. The molecule has 0 atom stereocenters. The number of rotatable bonds is 6. The van der Waals surface area contributed by atoms with E-state index < -0.39 is 0 Å². The van der Waals surface area contributed by atoms with Gasteiger partial charge in [-0.05, 0) is 26.3 Å². The van der Waals surface area contributed by atoms with Gasteiger partial charge in [-0.1, -0.05) is 6.07 Å². The third kappa shape index (κ3) is 4.37. The van der Waals surface area contributed by atoms with Crippen LogP contribution in [0.2, 0.25) is 0 Å². The molecule has 1 aromatic heterocycles. The van der Waals surface area contributed by atoms with Crippen molar-refractivity contribution in [3.63, 3.8) is 0 Å². The van der Waals surface area contributed by atoms with Gasteiger partial charge < -0.3 is 9.47 Å². The molecule has 0 aromatic carbocycles. The molecule has 0 unspecified atom stereocenters. The molecule has 0 saturated carbocycles. The van der Waals surface area contributed by atoms with Crippen molar-refractivity contribution in [3.8, 4) is 5.88 Å². The highest BCUT2D eigenvalue weighted by Crippen LogP contribution is 2.14. The smallest absolute Gasteiger partial charge is 0.213 e. The summed E-state index contributed by atoms with van der Waals surface area (Å²) in [6, 6.07) is 3.77. The molecular formula is C12H18ClNO2. The average Bonchev–Trinajstić information content (AvgIpc) is 2.24. The fourth-order valence-electron chi connectivity index (χ4n) is 1.22. The predicted molar refractivity (Wildman–Crippen MR) is 65.1 cm³/mol. The van der Waals surface area contributed by atoms with Gasteiger partial charge in [-0.15, -0.1) is 11.6 Å². The Kier molecular flexibility index (Phi) is 5.56. The third-order valence-corrected chi connectivity index (χ3v) is 2.39. The Balaban J connectivity index is 2.40. The minimum Gasteiger partial charge on any atom is -0.475 e. The molecular weight excluding hydrogens is 226 g/mol. The minimum absolute atomic E-state index is 0.233. The number of ether oxygens (including phenoxy) is 2. The average molecular weight is 244 g/mol. The van der Waals surface area contributed by atoms with Crippen molar-refractivity contribution in [1.29, 1.82) is 0 Å².